The van der Waals surface area contributed by atoms with E-state index in [2.05, 4.69) is 37.4 Å². The first-order chi connectivity index (χ1) is 7.79. The van der Waals surface area contributed by atoms with Crippen LogP contribution in [0.15, 0.2) is 24.3 Å². The van der Waals surface area contributed by atoms with Gasteiger partial charge in [-0.15, -0.1) is 0 Å². The minimum Gasteiger partial charge on any atom is -0.488 e. The molecule has 0 amide bonds. The molecular formula is C14H21NO. The molecule has 0 aromatic heterocycles. The van der Waals surface area contributed by atoms with Crippen LogP contribution in [0.5, 0.6) is 5.75 Å². The highest BCUT2D eigenvalue weighted by molar-refractivity contribution is 5.37. The maximum Gasteiger partial charge on any atom is 0.123 e. The van der Waals surface area contributed by atoms with Crippen molar-refractivity contribution in [3.05, 3.63) is 29.8 Å². The van der Waals surface area contributed by atoms with E-state index in [0.717, 1.165) is 31.2 Å². The molecule has 2 atom stereocenters. The summed E-state index contributed by atoms with van der Waals surface area (Å²) in [6.07, 6.45) is 2.60. The molecule has 16 heavy (non-hydrogen) atoms. The van der Waals surface area contributed by atoms with Gasteiger partial charge in [0.25, 0.3) is 0 Å². The van der Waals surface area contributed by atoms with Crippen molar-refractivity contribution < 1.29 is 4.74 Å². The summed E-state index contributed by atoms with van der Waals surface area (Å²) in [6.45, 7) is 6.55. The van der Waals surface area contributed by atoms with Gasteiger partial charge in [0.05, 0.1) is 0 Å². The van der Waals surface area contributed by atoms with Gasteiger partial charge in [-0.2, -0.15) is 0 Å². The Morgan fingerprint density at radius 2 is 2.25 bits per heavy atom. The molecule has 0 fully saturated rings. The second-order valence-electron chi connectivity index (χ2n) is 4.72. The number of ether oxygens (including phenoxy) is 1. The average molecular weight is 219 g/mol. The molecule has 0 aliphatic carbocycles. The second-order valence-corrected chi connectivity index (χ2v) is 4.72. The maximum absolute atomic E-state index is 5.86. The summed E-state index contributed by atoms with van der Waals surface area (Å²) in [7, 11) is 0. The van der Waals surface area contributed by atoms with Gasteiger partial charge in [-0.1, -0.05) is 38.5 Å². The summed E-state index contributed by atoms with van der Waals surface area (Å²) in [6, 6.07) is 8.33. The van der Waals surface area contributed by atoms with Gasteiger partial charge < -0.3 is 10.1 Å². The van der Waals surface area contributed by atoms with E-state index in [9.17, 15) is 0 Å². The van der Waals surface area contributed by atoms with Crippen LogP contribution in [0.1, 0.15) is 25.8 Å². The Balaban J connectivity index is 1.75. The number of hydrogen-bond acceptors (Lipinski definition) is 2. The number of nitrogens with one attached hydrogen (secondary N) is 1. The van der Waals surface area contributed by atoms with Crippen molar-refractivity contribution in [1.29, 1.82) is 0 Å². The highest BCUT2D eigenvalue weighted by Gasteiger charge is 2.21. The number of para-hydroxylation sites is 1. The third kappa shape index (κ3) is 2.76. The minimum atomic E-state index is 0.321. The van der Waals surface area contributed by atoms with Crippen LogP contribution in [0.3, 0.4) is 0 Å². The molecule has 1 N–H and O–H groups in total. The van der Waals surface area contributed by atoms with Crippen LogP contribution < -0.4 is 10.1 Å². The summed E-state index contributed by atoms with van der Waals surface area (Å²) < 4.78 is 5.86. The van der Waals surface area contributed by atoms with Crippen LogP contribution in [0.2, 0.25) is 0 Å². The number of rotatable bonds is 5. The molecule has 0 spiro atoms. The van der Waals surface area contributed by atoms with Gasteiger partial charge in [0, 0.05) is 13.0 Å². The van der Waals surface area contributed by atoms with Gasteiger partial charge in [0.1, 0.15) is 11.9 Å². The van der Waals surface area contributed by atoms with Crippen LogP contribution in [-0.2, 0) is 6.42 Å². The van der Waals surface area contributed by atoms with Crippen molar-refractivity contribution >= 4 is 0 Å². The molecular weight excluding hydrogens is 198 g/mol. The molecule has 0 radical (unpaired) electrons. The first-order valence-electron chi connectivity index (χ1n) is 6.25. The third-order valence-corrected chi connectivity index (χ3v) is 3.28. The Kier molecular flexibility index (Phi) is 3.83. The molecule has 0 bridgehead atoms. The minimum absolute atomic E-state index is 0.321. The average Bonchev–Trinajstić information content (AvgIpc) is 2.71. The third-order valence-electron chi connectivity index (χ3n) is 3.28. The SMILES string of the molecule is CCC(C)CNCC1Cc2ccccc2O1. The van der Waals surface area contributed by atoms with E-state index >= 15 is 0 Å². The first kappa shape index (κ1) is 11.5. The van der Waals surface area contributed by atoms with Crippen LogP contribution >= 0.6 is 0 Å². The second kappa shape index (κ2) is 5.35. The number of fused-ring (bicyclic) bond motifs is 1. The van der Waals surface area contributed by atoms with Gasteiger partial charge in [-0.05, 0) is 24.1 Å². The Hall–Kier alpha value is -1.02. The Morgan fingerprint density at radius 3 is 3.00 bits per heavy atom. The van der Waals surface area contributed by atoms with Crippen LogP contribution in [-0.4, -0.2) is 19.2 Å². The summed E-state index contributed by atoms with van der Waals surface area (Å²) in [5.41, 5.74) is 1.35. The predicted octanol–water partition coefficient (Wildman–Crippen LogP) is 2.63. The lowest BCUT2D eigenvalue weighted by Crippen LogP contribution is -2.32. The number of benzene rings is 1. The zero-order valence-corrected chi connectivity index (χ0v) is 10.2. The fourth-order valence-corrected chi connectivity index (χ4v) is 2.00. The highest BCUT2D eigenvalue weighted by atomic mass is 16.5. The molecule has 1 aliphatic rings. The fourth-order valence-electron chi connectivity index (χ4n) is 2.00. The fraction of sp³-hybridized carbons (Fsp3) is 0.571. The van der Waals surface area contributed by atoms with Crippen LogP contribution in [0.25, 0.3) is 0 Å². The molecule has 1 aromatic carbocycles. The van der Waals surface area contributed by atoms with Gasteiger partial charge in [0.15, 0.2) is 0 Å². The molecule has 1 aromatic rings. The summed E-state index contributed by atoms with van der Waals surface area (Å²) in [5, 5.41) is 3.49. The monoisotopic (exact) mass is 219 g/mol. The Labute approximate surface area is 98.0 Å². The van der Waals surface area contributed by atoms with Crippen molar-refractivity contribution in [2.75, 3.05) is 13.1 Å². The lowest BCUT2D eigenvalue weighted by atomic mass is 10.1. The molecule has 2 unspecified atom stereocenters. The van der Waals surface area contributed by atoms with Crippen molar-refractivity contribution in [1.82, 2.24) is 5.32 Å². The smallest absolute Gasteiger partial charge is 0.123 e. The van der Waals surface area contributed by atoms with E-state index in [1.54, 1.807) is 0 Å². The predicted molar refractivity (Wildman–Crippen MR) is 66.9 cm³/mol. The summed E-state index contributed by atoms with van der Waals surface area (Å²) in [4.78, 5) is 0. The summed E-state index contributed by atoms with van der Waals surface area (Å²) >= 11 is 0. The zero-order valence-electron chi connectivity index (χ0n) is 10.2. The standard InChI is InChI=1S/C14H21NO/c1-3-11(2)9-15-10-13-8-12-6-4-5-7-14(12)16-13/h4-7,11,13,15H,3,8-10H2,1-2H3. The van der Waals surface area contributed by atoms with E-state index < -0.39 is 0 Å². The normalized spacial score (nSPS) is 20.2. The van der Waals surface area contributed by atoms with Gasteiger partial charge in [0.2, 0.25) is 0 Å². The molecule has 1 heterocycles. The van der Waals surface area contributed by atoms with Gasteiger partial charge >= 0.3 is 0 Å². The topological polar surface area (TPSA) is 21.3 Å². The van der Waals surface area contributed by atoms with Crippen molar-refractivity contribution in [3.63, 3.8) is 0 Å². The zero-order chi connectivity index (χ0) is 11.4. The maximum atomic E-state index is 5.86. The van der Waals surface area contributed by atoms with E-state index in [1.165, 1.54) is 12.0 Å². The lowest BCUT2D eigenvalue weighted by molar-refractivity contribution is 0.225. The molecule has 0 saturated carbocycles. The molecule has 0 saturated heterocycles. The number of hydrogen-bond donors (Lipinski definition) is 1. The van der Waals surface area contributed by atoms with Crippen molar-refractivity contribution in [2.24, 2.45) is 5.92 Å². The van der Waals surface area contributed by atoms with E-state index in [-0.39, 0.29) is 0 Å². The van der Waals surface area contributed by atoms with E-state index in [4.69, 9.17) is 4.74 Å². The van der Waals surface area contributed by atoms with Crippen molar-refractivity contribution in [3.8, 4) is 5.75 Å². The first-order valence-corrected chi connectivity index (χ1v) is 6.25. The Morgan fingerprint density at radius 1 is 1.44 bits per heavy atom. The largest absolute Gasteiger partial charge is 0.488 e. The molecule has 2 heteroatoms. The van der Waals surface area contributed by atoms with E-state index in [0.29, 0.717) is 6.10 Å². The molecule has 2 rings (SSSR count). The lowest BCUT2D eigenvalue weighted by Gasteiger charge is -2.14. The highest BCUT2D eigenvalue weighted by Crippen LogP contribution is 2.27. The van der Waals surface area contributed by atoms with Gasteiger partial charge in [-0.3, -0.25) is 0 Å². The molecule has 1 aliphatic heterocycles. The van der Waals surface area contributed by atoms with E-state index in [1.807, 2.05) is 6.07 Å². The molecule has 88 valence electrons. The molecule has 2 nitrogen and oxygen atoms in total. The van der Waals surface area contributed by atoms with Crippen molar-refractivity contribution in [2.45, 2.75) is 32.8 Å². The van der Waals surface area contributed by atoms with Crippen LogP contribution in [0, 0.1) is 5.92 Å². The van der Waals surface area contributed by atoms with Crippen LogP contribution in [0.4, 0.5) is 0 Å². The van der Waals surface area contributed by atoms with Gasteiger partial charge in [-0.25, -0.2) is 0 Å². The summed E-state index contributed by atoms with van der Waals surface area (Å²) in [5.74, 6) is 1.82. The Bertz CT molecular complexity index is 312. The quantitative estimate of drug-likeness (QED) is 0.822.